The first-order chi connectivity index (χ1) is 17.7. The van der Waals surface area contributed by atoms with Gasteiger partial charge in [0.15, 0.2) is 0 Å². The molecule has 3 aliphatic rings. The first-order valence-electron chi connectivity index (χ1n) is 13.6. The van der Waals surface area contributed by atoms with Gasteiger partial charge in [-0.2, -0.15) is 0 Å². The molecule has 37 heavy (non-hydrogen) atoms. The molecular weight excluding hydrogens is 472 g/mol. The van der Waals surface area contributed by atoms with Gasteiger partial charge in [-0.15, -0.1) is 0 Å². The number of imidazole rings is 1. The van der Waals surface area contributed by atoms with E-state index < -0.39 is 17.7 Å². The Labute approximate surface area is 219 Å². The minimum atomic E-state index is -0.516. The molecule has 1 aromatic rings. The molecule has 10 nitrogen and oxygen atoms in total. The van der Waals surface area contributed by atoms with Gasteiger partial charge in [-0.3, -0.25) is 29.0 Å². The van der Waals surface area contributed by atoms with Crippen LogP contribution in [0.3, 0.4) is 0 Å². The van der Waals surface area contributed by atoms with Crippen LogP contribution in [0.2, 0.25) is 0 Å². The predicted molar refractivity (Wildman–Crippen MR) is 139 cm³/mol. The van der Waals surface area contributed by atoms with Gasteiger partial charge in [0, 0.05) is 51.3 Å². The number of hydrogen-bond donors (Lipinski definition) is 1. The summed E-state index contributed by atoms with van der Waals surface area (Å²) >= 11 is 0. The summed E-state index contributed by atoms with van der Waals surface area (Å²) in [6.45, 7) is 10.3. The summed E-state index contributed by atoms with van der Waals surface area (Å²) < 4.78 is 2.11. The van der Waals surface area contributed by atoms with Crippen molar-refractivity contribution in [3.05, 3.63) is 23.4 Å². The molecule has 3 fully saturated rings. The van der Waals surface area contributed by atoms with Crippen LogP contribution in [-0.4, -0.2) is 87.1 Å². The number of aromatic nitrogens is 2. The van der Waals surface area contributed by atoms with Gasteiger partial charge in [0.25, 0.3) is 5.91 Å². The number of piperazine rings is 2. The highest BCUT2D eigenvalue weighted by Crippen LogP contribution is 2.26. The molecule has 0 radical (unpaired) electrons. The minimum Gasteiger partial charge on any atom is -0.340 e. The molecule has 2 saturated heterocycles. The van der Waals surface area contributed by atoms with E-state index in [4.69, 9.17) is 0 Å². The quantitative estimate of drug-likeness (QED) is 0.560. The van der Waals surface area contributed by atoms with Gasteiger partial charge in [-0.25, -0.2) is 4.98 Å². The standard InChI is InChI=1S/C27H40N6O4/c1-19(2)25-22(16-23-27(37)33(20(3)34)17-24(35)29-23)28-18-32(25)11-7-10-30-12-14-31(15-13-30)26(36)21-8-5-4-6-9-21/h16,18-19,21H,4-15,17H2,1-3H3,(H,29,35)/b23-16-. The fourth-order valence-corrected chi connectivity index (χ4v) is 5.68. The van der Waals surface area contributed by atoms with Gasteiger partial charge in [-0.05, 0) is 37.8 Å². The number of hydrogen-bond acceptors (Lipinski definition) is 6. The van der Waals surface area contributed by atoms with Crippen molar-refractivity contribution in [1.82, 2.24) is 29.6 Å². The number of carbonyl (C=O) groups is 4. The molecule has 1 saturated carbocycles. The highest BCUT2D eigenvalue weighted by Gasteiger charge is 2.31. The van der Waals surface area contributed by atoms with Crippen LogP contribution in [0.25, 0.3) is 6.08 Å². The Morgan fingerprint density at radius 3 is 2.43 bits per heavy atom. The number of aryl methyl sites for hydroxylation is 1. The van der Waals surface area contributed by atoms with E-state index >= 15 is 0 Å². The van der Waals surface area contributed by atoms with Gasteiger partial charge >= 0.3 is 0 Å². The first-order valence-corrected chi connectivity index (χ1v) is 13.6. The van der Waals surface area contributed by atoms with Crippen molar-refractivity contribution in [3.63, 3.8) is 0 Å². The van der Waals surface area contributed by atoms with Crippen LogP contribution >= 0.6 is 0 Å². The molecule has 0 aromatic carbocycles. The summed E-state index contributed by atoms with van der Waals surface area (Å²) in [5, 5.41) is 2.59. The molecule has 2 aliphatic heterocycles. The average molecular weight is 513 g/mol. The maximum Gasteiger partial charge on any atom is 0.277 e. The van der Waals surface area contributed by atoms with Crippen LogP contribution in [0.5, 0.6) is 0 Å². The van der Waals surface area contributed by atoms with E-state index in [1.54, 1.807) is 12.4 Å². The van der Waals surface area contributed by atoms with Crippen molar-refractivity contribution in [3.8, 4) is 0 Å². The van der Waals surface area contributed by atoms with Crippen LogP contribution in [0.4, 0.5) is 0 Å². The Kier molecular flexibility index (Phi) is 8.79. The minimum absolute atomic E-state index is 0.0687. The Morgan fingerprint density at radius 2 is 1.78 bits per heavy atom. The lowest BCUT2D eigenvalue weighted by atomic mass is 9.88. The third-order valence-corrected chi connectivity index (χ3v) is 7.68. The van der Waals surface area contributed by atoms with Crippen molar-refractivity contribution in [2.45, 2.75) is 71.8 Å². The van der Waals surface area contributed by atoms with E-state index in [0.717, 1.165) is 69.1 Å². The number of nitrogens with one attached hydrogen (secondary N) is 1. The zero-order chi connectivity index (χ0) is 26.5. The van der Waals surface area contributed by atoms with Crippen molar-refractivity contribution >= 4 is 29.7 Å². The molecule has 4 rings (SSSR count). The molecule has 4 amide bonds. The van der Waals surface area contributed by atoms with Gasteiger partial charge in [-0.1, -0.05) is 33.1 Å². The van der Waals surface area contributed by atoms with Crippen molar-refractivity contribution in [2.75, 3.05) is 39.3 Å². The second-order valence-corrected chi connectivity index (χ2v) is 10.7. The lowest BCUT2D eigenvalue weighted by Crippen LogP contribution is -2.51. The molecule has 1 N–H and O–H groups in total. The highest BCUT2D eigenvalue weighted by atomic mass is 16.2. The summed E-state index contributed by atoms with van der Waals surface area (Å²) in [6.07, 6.45) is 10.0. The second kappa shape index (κ2) is 12.0. The average Bonchev–Trinajstić information content (AvgIpc) is 3.29. The van der Waals surface area contributed by atoms with Crippen molar-refractivity contribution in [1.29, 1.82) is 0 Å². The van der Waals surface area contributed by atoms with Crippen LogP contribution < -0.4 is 5.32 Å². The normalized spacial score (nSPS) is 21.1. The smallest absolute Gasteiger partial charge is 0.277 e. The van der Waals surface area contributed by atoms with Crippen LogP contribution in [-0.2, 0) is 25.7 Å². The summed E-state index contributed by atoms with van der Waals surface area (Å²) in [5.41, 5.74) is 1.68. The van der Waals surface area contributed by atoms with Crippen LogP contribution in [0, 0.1) is 5.92 Å². The molecule has 3 heterocycles. The molecule has 0 unspecified atom stereocenters. The van der Waals surface area contributed by atoms with Gasteiger partial charge in [0.2, 0.25) is 17.7 Å². The largest absolute Gasteiger partial charge is 0.340 e. The van der Waals surface area contributed by atoms with E-state index in [1.807, 2.05) is 0 Å². The molecule has 0 spiro atoms. The Hall–Kier alpha value is -3.01. The van der Waals surface area contributed by atoms with Crippen molar-refractivity contribution < 1.29 is 19.2 Å². The van der Waals surface area contributed by atoms with E-state index in [-0.39, 0.29) is 24.1 Å². The van der Waals surface area contributed by atoms with Gasteiger partial charge in [0.05, 0.1) is 12.0 Å². The third-order valence-electron chi connectivity index (χ3n) is 7.68. The van der Waals surface area contributed by atoms with Crippen LogP contribution in [0.1, 0.15) is 76.6 Å². The lowest BCUT2D eigenvalue weighted by Gasteiger charge is -2.37. The monoisotopic (exact) mass is 512 g/mol. The lowest BCUT2D eigenvalue weighted by molar-refractivity contribution is -0.147. The van der Waals surface area contributed by atoms with Crippen molar-refractivity contribution in [2.24, 2.45) is 5.92 Å². The van der Waals surface area contributed by atoms with Gasteiger partial charge < -0.3 is 14.8 Å². The Balaban J connectivity index is 1.32. The molecule has 10 heteroatoms. The number of rotatable bonds is 7. The van der Waals surface area contributed by atoms with E-state index in [2.05, 4.69) is 38.5 Å². The fraction of sp³-hybridized carbons (Fsp3) is 0.667. The number of carbonyl (C=O) groups excluding carboxylic acids is 4. The maximum absolute atomic E-state index is 12.8. The Morgan fingerprint density at radius 1 is 1.08 bits per heavy atom. The van der Waals surface area contributed by atoms with E-state index in [9.17, 15) is 19.2 Å². The predicted octanol–water partition coefficient (Wildman–Crippen LogP) is 1.97. The summed E-state index contributed by atoms with van der Waals surface area (Å²) in [4.78, 5) is 59.2. The molecule has 1 aromatic heterocycles. The van der Waals surface area contributed by atoms with Crippen LogP contribution in [0.15, 0.2) is 12.0 Å². The number of imide groups is 1. The summed E-state index contributed by atoms with van der Waals surface area (Å²) in [5.74, 6) is -0.617. The maximum atomic E-state index is 12.8. The zero-order valence-corrected chi connectivity index (χ0v) is 22.4. The van der Waals surface area contributed by atoms with E-state index in [0.29, 0.717) is 11.6 Å². The number of nitrogens with zero attached hydrogens (tertiary/aromatic N) is 5. The fourth-order valence-electron chi connectivity index (χ4n) is 5.68. The topological polar surface area (TPSA) is 108 Å². The zero-order valence-electron chi connectivity index (χ0n) is 22.4. The molecule has 202 valence electrons. The summed E-state index contributed by atoms with van der Waals surface area (Å²) in [6, 6.07) is 0. The molecule has 1 aliphatic carbocycles. The summed E-state index contributed by atoms with van der Waals surface area (Å²) in [7, 11) is 0. The SMILES string of the molecule is CC(=O)N1CC(=O)N/C(=C\c2ncn(CCCN3CCN(C(=O)C4CCCCC4)CC3)c2C(C)C)C1=O. The second-order valence-electron chi connectivity index (χ2n) is 10.7. The molecule has 0 bridgehead atoms. The first kappa shape index (κ1) is 27.0. The molecule has 0 atom stereocenters. The molecular formula is C27H40N6O4. The highest BCUT2D eigenvalue weighted by molar-refractivity contribution is 6.12. The third kappa shape index (κ3) is 6.47. The number of amides is 4. The Bertz CT molecular complexity index is 1050. The van der Waals surface area contributed by atoms with E-state index in [1.165, 1.54) is 26.2 Å². The van der Waals surface area contributed by atoms with Gasteiger partial charge in [0.1, 0.15) is 12.2 Å².